The molecule has 0 saturated carbocycles. The Morgan fingerprint density at radius 2 is 2.25 bits per heavy atom. The van der Waals surface area contributed by atoms with Crippen molar-refractivity contribution in [1.29, 1.82) is 0 Å². The van der Waals surface area contributed by atoms with Crippen LogP contribution in [0.25, 0.3) is 0 Å². The van der Waals surface area contributed by atoms with Crippen LogP contribution in [-0.2, 0) is 6.54 Å². The number of thiophene rings is 1. The number of nitrogens with zero attached hydrogens (tertiary/aromatic N) is 1. The predicted octanol–water partition coefficient (Wildman–Crippen LogP) is 2.96. The van der Waals surface area contributed by atoms with Gasteiger partial charge in [-0.1, -0.05) is 6.07 Å². The fourth-order valence-corrected chi connectivity index (χ4v) is 2.47. The minimum absolute atomic E-state index is 0.245. The van der Waals surface area contributed by atoms with Gasteiger partial charge in [-0.25, -0.2) is 4.79 Å². The molecule has 0 radical (unpaired) electrons. The van der Waals surface area contributed by atoms with Crippen LogP contribution in [0.4, 0.5) is 0 Å². The normalized spacial score (nSPS) is 10.7. The number of aromatic carboxylic acids is 1. The highest BCUT2D eigenvalue weighted by atomic mass is 32.1. The van der Waals surface area contributed by atoms with Crippen LogP contribution in [0.2, 0.25) is 0 Å². The fraction of sp³-hybridized carbons (Fsp3) is 0.267. The van der Waals surface area contributed by atoms with Crippen molar-refractivity contribution in [3.05, 3.63) is 52.2 Å². The molecular formula is C15H17NO3S. The van der Waals surface area contributed by atoms with Crippen molar-refractivity contribution in [2.45, 2.75) is 6.54 Å². The van der Waals surface area contributed by atoms with Crippen molar-refractivity contribution < 1.29 is 14.6 Å². The van der Waals surface area contributed by atoms with Crippen molar-refractivity contribution in [3.8, 4) is 5.75 Å². The Balaban J connectivity index is 1.78. The molecule has 5 heteroatoms. The summed E-state index contributed by atoms with van der Waals surface area (Å²) in [6, 6.07) is 8.66. The summed E-state index contributed by atoms with van der Waals surface area (Å²) in [7, 11) is 2.04. The number of ether oxygens (including phenoxy) is 1. The zero-order valence-electron chi connectivity index (χ0n) is 11.3. The van der Waals surface area contributed by atoms with Gasteiger partial charge >= 0.3 is 5.97 Å². The highest BCUT2D eigenvalue weighted by Crippen LogP contribution is 2.13. The van der Waals surface area contributed by atoms with E-state index < -0.39 is 5.97 Å². The molecule has 2 rings (SSSR count). The molecule has 1 heterocycles. The number of carboxylic acids is 1. The third kappa shape index (κ3) is 4.36. The molecule has 0 fully saturated rings. The number of likely N-dealkylation sites (N-methyl/N-ethyl adjacent to an activating group) is 1. The lowest BCUT2D eigenvalue weighted by molar-refractivity contribution is 0.0696. The summed E-state index contributed by atoms with van der Waals surface area (Å²) in [4.78, 5) is 13.0. The maximum Gasteiger partial charge on any atom is 0.335 e. The lowest BCUT2D eigenvalue weighted by Crippen LogP contribution is -2.23. The average molecular weight is 291 g/mol. The molecule has 106 valence electrons. The molecule has 0 aliphatic heterocycles. The van der Waals surface area contributed by atoms with Crippen LogP contribution >= 0.6 is 11.3 Å². The largest absolute Gasteiger partial charge is 0.492 e. The van der Waals surface area contributed by atoms with Gasteiger partial charge in [-0.05, 0) is 47.6 Å². The van der Waals surface area contributed by atoms with Gasteiger partial charge in [0.25, 0.3) is 0 Å². The number of hydrogen-bond donors (Lipinski definition) is 1. The summed E-state index contributed by atoms with van der Waals surface area (Å²) in [5.74, 6) is -0.348. The van der Waals surface area contributed by atoms with Crippen molar-refractivity contribution in [2.75, 3.05) is 20.2 Å². The predicted molar refractivity (Wildman–Crippen MR) is 79.5 cm³/mol. The highest BCUT2D eigenvalue weighted by Gasteiger charge is 2.05. The summed E-state index contributed by atoms with van der Waals surface area (Å²) in [5.41, 5.74) is 1.54. The molecule has 20 heavy (non-hydrogen) atoms. The van der Waals surface area contributed by atoms with Gasteiger partial charge in [-0.3, -0.25) is 4.90 Å². The Labute approximate surface area is 122 Å². The van der Waals surface area contributed by atoms with Crippen LogP contribution < -0.4 is 4.74 Å². The van der Waals surface area contributed by atoms with Crippen LogP contribution in [-0.4, -0.2) is 36.2 Å². The molecule has 0 aliphatic rings. The molecule has 1 aromatic carbocycles. The van der Waals surface area contributed by atoms with Gasteiger partial charge in [0.2, 0.25) is 0 Å². The van der Waals surface area contributed by atoms with Crippen molar-refractivity contribution in [1.82, 2.24) is 4.90 Å². The Hall–Kier alpha value is -1.85. The van der Waals surface area contributed by atoms with Gasteiger partial charge in [0.15, 0.2) is 0 Å². The third-order valence-corrected chi connectivity index (χ3v) is 3.59. The number of benzene rings is 1. The fourth-order valence-electron chi connectivity index (χ4n) is 1.81. The summed E-state index contributed by atoms with van der Waals surface area (Å²) < 4.78 is 5.58. The first kappa shape index (κ1) is 14.6. The molecule has 1 aromatic heterocycles. The zero-order chi connectivity index (χ0) is 14.4. The smallest absolute Gasteiger partial charge is 0.335 e. The minimum Gasteiger partial charge on any atom is -0.492 e. The Bertz CT molecular complexity index is 554. The van der Waals surface area contributed by atoms with Gasteiger partial charge in [-0.15, -0.1) is 0 Å². The number of rotatable bonds is 7. The first-order valence-corrected chi connectivity index (χ1v) is 7.25. The standard InChI is InChI=1S/C15H17NO3S/c1-16(10-12-5-8-20-11-12)6-7-19-14-4-2-3-13(9-14)15(17)18/h2-5,8-9,11H,6-7,10H2,1H3,(H,17,18). The average Bonchev–Trinajstić information content (AvgIpc) is 2.92. The molecule has 0 unspecified atom stereocenters. The molecule has 2 aromatic rings. The summed E-state index contributed by atoms with van der Waals surface area (Å²) >= 11 is 1.69. The Morgan fingerprint density at radius 3 is 2.95 bits per heavy atom. The van der Waals surface area contributed by atoms with E-state index in [2.05, 4.69) is 21.7 Å². The van der Waals surface area contributed by atoms with Crippen molar-refractivity contribution in [3.63, 3.8) is 0 Å². The van der Waals surface area contributed by atoms with E-state index in [9.17, 15) is 4.79 Å². The van der Waals surface area contributed by atoms with Gasteiger partial charge in [0, 0.05) is 13.1 Å². The van der Waals surface area contributed by atoms with E-state index >= 15 is 0 Å². The first-order chi connectivity index (χ1) is 9.65. The Morgan fingerprint density at radius 1 is 1.40 bits per heavy atom. The van der Waals surface area contributed by atoms with Crippen LogP contribution in [0.5, 0.6) is 5.75 Å². The number of hydrogen-bond acceptors (Lipinski definition) is 4. The zero-order valence-corrected chi connectivity index (χ0v) is 12.1. The van der Waals surface area contributed by atoms with Gasteiger partial charge in [-0.2, -0.15) is 11.3 Å². The number of carbonyl (C=O) groups is 1. The van der Waals surface area contributed by atoms with E-state index in [1.165, 1.54) is 5.56 Å². The minimum atomic E-state index is -0.940. The first-order valence-electron chi connectivity index (χ1n) is 6.31. The van der Waals surface area contributed by atoms with E-state index in [4.69, 9.17) is 9.84 Å². The molecule has 0 aliphatic carbocycles. The maximum absolute atomic E-state index is 10.9. The highest BCUT2D eigenvalue weighted by molar-refractivity contribution is 7.07. The van der Waals surface area contributed by atoms with Crippen molar-refractivity contribution in [2.24, 2.45) is 0 Å². The van der Waals surface area contributed by atoms with Gasteiger partial charge in [0.1, 0.15) is 12.4 Å². The van der Waals surface area contributed by atoms with Crippen LogP contribution in [0.1, 0.15) is 15.9 Å². The van der Waals surface area contributed by atoms with E-state index in [1.807, 2.05) is 7.05 Å². The van der Waals surface area contributed by atoms with Crippen LogP contribution in [0.3, 0.4) is 0 Å². The molecule has 0 amide bonds. The third-order valence-electron chi connectivity index (χ3n) is 2.86. The van der Waals surface area contributed by atoms with Gasteiger partial charge < -0.3 is 9.84 Å². The van der Waals surface area contributed by atoms with E-state index in [0.29, 0.717) is 12.4 Å². The molecule has 0 spiro atoms. The lowest BCUT2D eigenvalue weighted by Gasteiger charge is -2.16. The number of carboxylic acid groups (broad SMARTS) is 1. The van der Waals surface area contributed by atoms with Gasteiger partial charge in [0.05, 0.1) is 5.56 Å². The lowest BCUT2D eigenvalue weighted by atomic mass is 10.2. The van der Waals surface area contributed by atoms with E-state index in [1.54, 1.807) is 35.6 Å². The van der Waals surface area contributed by atoms with Crippen molar-refractivity contribution >= 4 is 17.3 Å². The molecule has 0 bridgehead atoms. The second-order valence-electron chi connectivity index (χ2n) is 4.55. The van der Waals surface area contributed by atoms with E-state index in [0.717, 1.165) is 13.1 Å². The summed E-state index contributed by atoms with van der Waals surface area (Å²) in [5, 5.41) is 13.1. The van der Waals surface area contributed by atoms with Crippen LogP contribution in [0.15, 0.2) is 41.1 Å². The van der Waals surface area contributed by atoms with E-state index in [-0.39, 0.29) is 5.56 Å². The SMILES string of the molecule is CN(CCOc1cccc(C(=O)O)c1)Cc1ccsc1. The molecule has 1 N–H and O–H groups in total. The monoisotopic (exact) mass is 291 g/mol. The molecule has 4 nitrogen and oxygen atoms in total. The van der Waals surface area contributed by atoms with Crippen LogP contribution in [0, 0.1) is 0 Å². The summed E-state index contributed by atoms with van der Waals surface area (Å²) in [6.45, 7) is 2.21. The molecule has 0 atom stereocenters. The Kier molecular flexibility index (Phi) is 5.15. The summed E-state index contributed by atoms with van der Waals surface area (Å²) in [6.07, 6.45) is 0. The quantitative estimate of drug-likeness (QED) is 0.852. The second-order valence-corrected chi connectivity index (χ2v) is 5.33. The second kappa shape index (κ2) is 7.07. The maximum atomic E-state index is 10.9. The molecule has 0 saturated heterocycles. The molecular weight excluding hydrogens is 274 g/mol. The topological polar surface area (TPSA) is 49.8 Å².